The largest absolute Gasteiger partial charge is 0.497 e. The Kier molecular flexibility index (Phi) is 6.21. The number of carbonyl (C=O) groups is 1. The lowest BCUT2D eigenvalue weighted by Crippen LogP contribution is -2.32. The van der Waals surface area contributed by atoms with Crippen molar-refractivity contribution < 1.29 is 14.6 Å². The van der Waals surface area contributed by atoms with Crippen LogP contribution in [-0.4, -0.2) is 24.2 Å². The summed E-state index contributed by atoms with van der Waals surface area (Å²) in [6.07, 6.45) is 0.332. The first-order valence-corrected chi connectivity index (χ1v) is 6.32. The summed E-state index contributed by atoms with van der Waals surface area (Å²) >= 11 is 0. The Morgan fingerprint density at radius 1 is 1.10 bits per heavy atom. The van der Waals surface area contributed by atoms with E-state index in [0.717, 1.165) is 22.4 Å². The molecule has 0 bridgehead atoms. The minimum Gasteiger partial charge on any atom is -0.497 e. The van der Waals surface area contributed by atoms with Gasteiger partial charge >= 0.3 is 5.97 Å². The van der Waals surface area contributed by atoms with Crippen molar-refractivity contribution in [3.63, 3.8) is 0 Å². The van der Waals surface area contributed by atoms with Gasteiger partial charge in [-0.15, -0.1) is 12.4 Å². The molecular weight excluding hydrogens is 290 g/mol. The molecule has 0 radical (unpaired) electrons. The van der Waals surface area contributed by atoms with E-state index in [0.29, 0.717) is 6.42 Å². The van der Waals surface area contributed by atoms with Gasteiger partial charge < -0.3 is 15.6 Å². The molecule has 5 heteroatoms. The molecule has 0 aromatic heterocycles. The molecule has 0 heterocycles. The van der Waals surface area contributed by atoms with Crippen molar-refractivity contribution in [2.24, 2.45) is 5.73 Å². The van der Waals surface area contributed by atoms with Crippen LogP contribution < -0.4 is 10.5 Å². The molecule has 0 fully saturated rings. The van der Waals surface area contributed by atoms with Gasteiger partial charge in [-0.3, -0.25) is 4.79 Å². The average Bonchev–Trinajstić information content (AvgIpc) is 2.48. The predicted octanol–water partition coefficient (Wildman–Crippen LogP) is 2.74. The Bertz CT molecular complexity index is 581. The third-order valence-electron chi connectivity index (χ3n) is 3.15. The smallest absolute Gasteiger partial charge is 0.320 e. The first kappa shape index (κ1) is 17.0. The molecule has 0 saturated carbocycles. The Labute approximate surface area is 130 Å². The van der Waals surface area contributed by atoms with Gasteiger partial charge in [0.05, 0.1) is 7.11 Å². The Balaban J connectivity index is 0.00000220. The summed E-state index contributed by atoms with van der Waals surface area (Å²) in [6.45, 7) is 0. The van der Waals surface area contributed by atoms with Crippen LogP contribution in [0.4, 0.5) is 0 Å². The third-order valence-corrected chi connectivity index (χ3v) is 3.15. The van der Waals surface area contributed by atoms with E-state index in [9.17, 15) is 4.79 Å². The molecule has 3 N–H and O–H groups in total. The van der Waals surface area contributed by atoms with E-state index >= 15 is 0 Å². The topological polar surface area (TPSA) is 72.5 Å². The molecule has 0 aliphatic rings. The summed E-state index contributed by atoms with van der Waals surface area (Å²) in [6, 6.07) is 14.7. The van der Waals surface area contributed by atoms with Gasteiger partial charge in [-0.2, -0.15) is 0 Å². The lowest BCUT2D eigenvalue weighted by Gasteiger charge is -2.08. The Hall–Kier alpha value is -2.04. The number of hydrogen-bond donors (Lipinski definition) is 2. The SMILES string of the molecule is COc1ccc(-c2ccc(C[C@H](N)C(=O)O)cc2)cc1.Cl. The Morgan fingerprint density at radius 3 is 2.00 bits per heavy atom. The van der Waals surface area contributed by atoms with Crippen molar-refractivity contribution in [1.29, 1.82) is 0 Å². The van der Waals surface area contributed by atoms with Crippen LogP contribution in [-0.2, 0) is 11.2 Å². The van der Waals surface area contributed by atoms with E-state index in [4.69, 9.17) is 15.6 Å². The number of rotatable bonds is 5. The molecule has 2 aromatic rings. The van der Waals surface area contributed by atoms with E-state index in [1.807, 2.05) is 48.5 Å². The van der Waals surface area contributed by atoms with Gasteiger partial charge in [-0.05, 0) is 35.2 Å². The van der Waals surface area contributed by atoms with E-state index in [2.05, 4.69) is 0 Å². The summed E-state index contributed by atoms with van der Waals surface area (Å²) in [4.78, 5) is 10.7. The highest BCUT2D eigenvalue weighted by Gasteiger charge is 2.11. The van der Waals surface area contributed by atoms with Crippen LogP contribution in [0.5, 0.6) is 5.75 Å². The number of hydrogen-bond acceptors (Lipinski definition) is 3. The van der Waals surface area contributed by atoms with Crippen LogP contribution in [0.3, 0.4) is 0 Å². The first-order valence-electron chi connectivity index (χ1n) is 6.32. The Morgan fingerprint density at radius 2 is 1.57 bits per heavy atom. The highest BCUT2D eigenvalue weighted by Crippen LogP contribution is 2.22. The lowest BCUT2D eigenvalue weighted by atomic mass is 10.0. The monoisotopic (exact) mass is 307 g/mol. The van der Waals surface area contributed by atoms with Crippen LogP contribution in [0.2, 0.25) is 0 Å². The van der Waals surface area contributed by atoms with E-state index in [-0.39, 0.29) is 12.4 Å². The van der Waals surface area contributed by atoms with Crippen molar-refractivity contribution in [2.45, 2.75) is 12.5 Å². The van der Waals surface area contributed by atoms with Crippen molar-refractivity contribution in [2.75, 3.05) is 7.11 Å². The number of carboxylic acids is 1. The molecule has 0 amide bonds. The van der Waals surface area contributed by atoms with Gasteiger partial charge in [0.2, 0.25) is 0 Å². The van der Waals surface area contributed by atoms with Gasteiger partial charge in [0.1, 0.15) is 11.8 Å². The van der Waals surface area contributed by atoms with E-state index < -0.39 is 12.0 Å². The van der Waals surface area contributed by atoms with E-state index in [1.165, 1.54) is 0 Å². The third kappa shape index (κ3) is 4.48. The molecule has 1 atom stereocenters. The number of halogens is 1. The molecule has 0 spiro atoms. The summed E-state index contributed by atoms with van der Waals surface area (Å²) in [5.41, 5.74) is 8.58. The summed E-state index contributed by atoms with van der Waals surface area (Å²) in [5.74, 6) is -0.165. The van der Waals surface area contributed by atoms with Crippen molar-refractivity contribution >= 4 is 18.4 Å². The second-order valence-electron chi connectivity index (χ2n) is 4.57. The van der Waals surface area contributed by atoms with Gasteiger partial charge in [-0.25, -0.2) is 0 Å². The minimum atomic E-state index is -0.982. The molecule has 21 heavy (non-hydrogen) atoms. The molecular formula is C16H18ClNO3. The fourth-order valence-corrected chi connectivity index (χ4v) is 1.96. The van der Waals surface area contributed by atoms with Crippen molar-refractivity contribution in [3.8, 4) is 16.9 Å². The summed E-state index contributed by atoms with van der Waals surface area (Å²) < 4.78 is 5.12. The normalized spacial score (nSPS) is 11.3. The molecule has 4 nitrogen and oxygen atoms in total. The zero-order valence-corrected chi connectivity index (χ0v) is 12.5. The molecule has 0 unspecified atom stereocenters. The fraction of sp³-hybridized carbons (Fsp3) is 0.188. The standard InChI is InChI=1S/C16H17NO3.ClH/c1-20-14-8-6-13(7-9-14)12-4-2-11(3-5-12)10-15(17)16(18)19;/h2-9,15H,10,17H2,1H3,(H,18,19);1H/t15-;/m0./s1. The number of benzene rings is 2. The van der Waals surface area contributed by atoms with Crippen LogP contribution in [0.1, 0.15) is 5.56 Å². The van der Waals surface area contributed by atoms with Crippen LogP contribution in [0.15, 0.2) is 48.5 Å². The van der Waals surface area contributed by atoms with Gasteiger partial charge in [0.15, 0.2) is 0 Å². The zero-order chi connectivity index (χ0) is 14.5. The minimum absolute atomic E-state index is 0. The fourth-order valence-electron chi connectivity index (χ4n) is 1.96. The average molecular weight is 308 g/mol. The summed E-state index contributed by atoms with van der Waals surface area (Å²) in [7, 11) is 1.63. The van der Waals surface area contributed by atoms with Crippen LogP contribution >= 0.6 is 12.4 Å². The second kappa shape index (κ2) is 7.67. The van der Waals surface area contributed by atoms with Crippen LogP contribution in [0.25, 0.3) is 11.1 Å². The number of ether oxygens (including phenoxy) is 1. The van der Waals surface area contributed by atoms with Crippen molar-refractivity contribution in [3.05, 3.63) is 54.1 Å². The second-order valence-corrected chi connectivity index (χ2v) is 4.57. The molecule has 0 aliphatic carbocycles. The molecule has 0 aliphatic heterocycles. The maximum atomic E-state index is 10.7. The van der Waals surface area contributed by atoms with Gasteiger partial charge in [-0.1, -0.05) is 36.4 Å². The number of nitrogens with two attached hydrogens (primary N) is 1. The molecule has 112 valence electrons. The highest BCUT2D eigenvalue weighted by atomic mass is 35.5. The molecule has 2 rings (SSSR count). The maximum Gasteiger partial charge on any atom is 0.320 e. The number of aliphatic carboxylic acids is 1. The molecule has 2 aromatic carbocycles. The van der Waals surface area contributed by atoms with Crippen molar-refractivity contribution in [1.82, 2.24) is 0 Å². The maximum absolute atomic E-state index is 10.7. The van der Waals surface area contributed by atoms with Crippen LogP contribution in [0, 0.1) is 0 Å². The van der Waals surface area contributed by atoms with Gasteiger partial charge in [0.25, 0.3) is 0 Å². The van der Waals surface area contributed by atoms with Gasteiger partial charge in [0, 0.05) is 0 Å². The highest BCUT2D eigenvalue weighted by molar-refractivity contribution is 5.85. The summed E-state index contributed by atoms with van der Waals surface area (Å²) in [5, 5.41) is 8.79. The lowest BCUT2D eigenvalue weighted by molar-refractivity contribution is -0.138. The van der Waals surface area contributed by atoms with E-state index in [1.54, 1.807) is 7.11 Å². The number of carboxylic acid groups (broad SMARTS) is 1. The number of methoxy groups -OCH3 is 1. The quantitative estimate of drug-likeness (QED) is 0.891. The zero-order valence-electron chi connectivity index (χ0n) is 11.7. The predicted molar refractivity (Wildman–Crippen MR) is 85.0 cm³/mol. The first-order chi connectivity index (χ1) is 9.60. The molecule has 0 saturated heterocycles.